The number of nitrogens with zero attached hydrogens (tertiary/aromatic N) is 2. The highest BCUT2D eigenvalue weighted by Gasteiger charge is 2.38. The van der Waals surface area contributed by atoms with E-state index < -0.39 is 5.97 Å². The molecule has 5 nitrogen and oxygen atoms in total. The van der Waals surface area contributed by atoms with E-state index in [1.807, 2.05) is 24.5 Å². The molecule has 0 N–H and O–H groups in total. The molecular formula is C26H21Cl3N2O3. The lowest BCUT2D eigenvalue weighted by atomic mass is 10.0. The van der Waals surface area contributed by atoms with E-state index in [-0.39, 0.29) is 17.1 Å². The van der Waals surface area contributed by atoms with Crippen molar-refractivity contribution < 1.29 is 14.3 Å². The maximum absolute atomic E-state index is 13.5. The summed E-state index contributed by atoms with van der Waals surface area (Å²) >= 11 is 18.7. The van der Waals surface area contributed by atoms with Crippen molar-refractivity contribution >= 4 is 58.4 Å². The Morgan fingerprint density at radius 1 is 0.941 bits per heavy atom. The lowest BCUT2D eigenvalue weighted by Gasteiger charge is -2.18. The number of aryl methyl sites for hydroxylation is 1. The van der Waals surface area contributed by atoms with Gasteiger partial charge >= 0.3 is 5.97 Å². The molecule has 0 radical (unpaired) electrons. The summed E-state index contributed by atoms with van der Waals surface area (Å²) in [4.78, 5) is 27.7. The van der Waals surface area contributed by atoms with Crippen molar-refractivity contribution in [1.82, 2.24) is 4.57 Å². The number of esters is 1. The van der Waals surface area contributed by atoms with Gasteiger partial charge in [0, 0.05) is 32.8 Å². The summed E-state index contributed by atoms with van der Waals surface area (Å²) in [6, 6.07) is 14.0. The van der Waals surface area contributed by atoms with Gasteiger partial charge in [0.2, 0.25) is 0 Å². The molecule has 34 heavy (non-hydrogen) atoms. The Bertz CT molecular complexity index is 1390. The smallest absolute Gasteiger partial charge is 0.340 e. The fraction of sp³-hybridized carbons (Fsp3) is 0.154. The molecule has 0 fully saturated rings. The zero-order chi connectivity index (χ0) is 24.7. The van der Waals surface area contributed by atoms with Crippen LogP contribution in [-0.2, 0) is 14.3 Å². The Balaban J connectivity index is 1.86. The van der Waals surface area contributed by atoms with E-state index in [1.165, 1.54) is 12.0 Å². The number of benzene rings is 2. The Morgan fingerprint density at radius 3 is 2.24 bits per heavy atom. The second-order valence-electron chi connectivity index (χ2n) is 7.88. The molecule has 1 aliphatic rings. The van der Waals surface area contributed by atoms with Crippen molar-refractivity contribution in [2.75, 3.05) is 12.0 Å². The second kappa shape index (κ2) is 9.34. The van der Waals surface area contributed by atoms with Crippen molar-refractivity contribution in [2.24, 2.45) is 0 Å². The quantitative estimate of drug-likeness (QED) is 0.280. The number of aromatic nitrogens is 1. The number of methoxy groups -OCH3 is 1. The Labute approximate surface area is 212 Å². The lowest BCUT2D eigenvalue weighted by molar-refractivity contribution is -0.136. The first-order valence-corrected chi connectivity index (χ1v) is 11.5. The summed E-state index contributed by atoms with van der Waals surface area (Å²) in [5.74, 6) is -0.911. The molecule has 0 bridgehead atoms. The number of ether oxygens (including phenoxy) is 1. The average Bonchev–Trinajstić information content (AvgIpc) is 3.22. The van der Waals surface area contributed by atoms with Crippen LogP contribution in [-0.4, -0.2) is 23.6 Å². The van der Waals surface area contributed by atoms with Gasteiger partial charge in [0.1, 0.15) is 0 Å². The SMILES string of the molecule is COC(=O)C1=C(C)N(c2ccc(Cl)cc2)C(=O)/C1=C\c1cc(C)n(-c2cc(Cl)ccc2Cl)c1C. The molecule has 1 aliphatic heterocycles. The monoisotopic (exact) mass is 514 g/mol. The third kappa shape index (κ3) is 4.16. The number of allylic oxidation sites excluding steroid dienone is 1. The summed E-state index contributed by atoms with van der Waals surface area (Å²) in [7, 11) is 1.29. The zero-order valence-corrected chi connectivity index (χ0v) is 21.2. The van der Waals surface area contributed by atoms with Crippen molar-refractivity contribution in [1.29, 1.82) is 0 Å². The van der Waals surface area contributed by atoms with Crippen LogP contribution in [0.3, 0.4) is 0 Å². The second-order valence-corrected chi connectivity index (χ2v) is 9.16. The molecule has 2 heterocycles. The summed E-state index contributed by atoms with van der Waals surface area (Å²) < 4.78 is 6.97. The van der Waals surface area contributed by atoms with Crippen molar-refractivity contribution in [3.63, 3.8) is 0 Å². The summed E-state index contributed by atoms with van der Waals surface area (Å²) in [6.07, 6.45) is 1.71. The van der Waals surface area contributed by atoms with E-state index in [9.17, 15) is 9.59 Å². The van der Waals surface area contributed by atoms with E-state index in [2.05, 4.69) is 0 Å². The molecule has 0 saturated carbocycles. The van der Waals surface area contributed by atoms with Crippen LogP contribution >= 0.6 is 34.8 Å². The van der Waals surface area contributed by atoms with E-state index in [0.29, 0.717) is 26.5 Å². The molecule has 1 aromatic heterocycles. The predicted octanol–water partition coefficient (Wildman–Crippen LogP) is 6.93. The molecule has 3 aromatic rings. The van der Waals surface area contributed by atoms with Gasteiger partial charge in [0.15, 0.2) is 0 Å². The van der Waals surface area contributed by atoms with Crippen molar-refractivity contribution in [2.45, 2.75) is 20.8 Å². The van der Waals surface area contributed by atoms with Crippen LogP contribution in [0.15, 0.2) is 65.4 Å². The predicted molar refractivity (Wildman–Crippen MR) is 137 cm³/mol. The Morgan fingerprint density at radius 2 is 1.59 bits per heavy atom. The minimum Gasteiger partial charge on any atom is -0.465 e. The van der Waals surface area contributed by atoms with Gasteiger partial charge in [-0.3, -0.25) is 9.69 Å². The standard InChI is InChI=1S/C26H21Cl3N2O3/c1-14-11-17(15(2)30(14)23-13-19(28)7-10-22(23)29)12-21-24(26(33)34-4)16(3)31(25(21)32)20-8-5-18(27)6-9-20/h5-13H,1-4H3/b21-12-. The van der Waals surface area contributed by atoms with Crippen LogP contribution in [0.4, 0.5) is 5.69 Å². The fourth-order valence-corrected chi connectivity index (χ4v) is 4.69. The molecule has 0 aliphatic carbocycles. The first kappa shape index (κ1) is 24.1. The number of carbonyl (C=O) groups is 2. The first-order chi connectivity index (χ1) is 16.1. The number of anilines is 1. The molecule has 1 amide bonds. The Kier molecular flexibility index (Phi) is 6.63. The number of amides is 1. The van der Waals surface area contributed by atoms with Crippen LogP contribution in [0.5, 0.6) is 0 Å². The molecule has 0 spiro atoms. The Hall–Kier alpha value is -2.99. The first-order valence-electron chi connectivity index (χ1n) is 10.4. The number of hydrogen-bond acceptors (Lipinski definition) is 3. The van der Waals surface area contributed by atoms with Gasteiger partial charge in [-0.1, -0.05) is 34.8 Å². The highest BCUT2D eigenvalue weighted by Crippen LogP contribution is 2.37. The molecule has 0 atom stereocenters. The van der Waals surface area contributed by atoms with Crippen molar-refractivity contribution in [3.05, 3.63) is 97.4 Å². The molecular weight excluding hydrogens is 495 g/mol. The maximum Gasteiger partial charge on any atom is 0.340 e. The highest BCUT2D eigenvalue weighted by atomic mass is 35.5. The van der Waals surface area contributed by atoms with Gasteiger partial charge in [-0.2, -0.15) is 0 Å². The van der Waals surface area contributed by atoms with Gasteiger partial charge in [-0.15, -0.1) is 0 Å². The third-order valence-electron chi connectivity index (χ3n) is 5.79. The third-order valence-corrected chi connectivity index (χ3v) is 6.60. The minimum atomic E-state index is -0.583. The van der Waals surface area contributed by atoms with E-state index >= 15 is 0 Å². The number of carbonyl (C=O) groups excluding carboxylic acids is 2. The normalized spacial score (nSPS) is 15.0. The van der Waals surface area contributed by atoms with Gasteiger partial charge in [-0.05, 0) is 80.9 Å². The number of halogens is 3. The number of hydrogen-bond donors (Lipinski definition) is 0. The molecule has 8 heteroatoms. The minimum absolute atomic E-state index is 0.216. The number of rotatable bonds is 4. The lowest BCUT2D eigenvalue weighted by Crippen LogP contribution is -2.24. The summed E-state index contributed by atoms with van der Waals surface area (Å²) in [5.41, 5.74) is 4.79. The summed E-state index contributed by atoms with van der Waals surface area (Å²) in [5, 5.41) is 1.65. The molecule has 2 aromatic carbocycles. The topological polar surface area (TPSA) is 51.5 Å². The largest absolute Gasteiger partial charge is 0.465 e. The fourth-order valence-electron chi connectivity index (χ4n) is 4.20. The summed E-state index contributed by atoms with van der Waals surface area (Å²) in [6.45, 7) is 5.57. The molecule has 0 saturated heterocycles. The van der Waals surface area contributed by atoms with Crippen LogP contribution in [0.1, 0.15) is 23.9 Å². The van der Waals surface area contributed by atoms with Gasteiger partial charge in [0.25, 0.3) is 5.91 Å². The maximum atomic E-state index is 13.5. The average molecular weight is 516 g/mol. The van der Waals surface area contributed by atoms with Gasteiger partial charge in [0.05, 0.1) is 29.0 Å². The van der Waals surface area contributed by atoms with E-state index in [1.54, 1.807) is 55.5 Å². The van der Waals surface area contributed by atoms with Crippen LogP contribution in [0.25, 0.3) is 11.8 Å². The highest BCUT2D eigenvalue weighted by molar-refractivity contribution is 6.34. The zero-order valence-electron chi connectivity index (χ0n) is 18.9. The molecule has 174 valence electrons. The van der Waals surface area contributed by atoms with Gasteiger partial charge in [-0.25, -0.2) is 4.79 Å². The van der Waals surface area contributed by atoms with Crippen LogP contribution < -0.4 is 4.90 Å². The van der Waals surface area contributed by atoms with E-state index in [0.717, 1.165) is 22.6 Å². The van der Waals surface area contributed by atoms with E-state index in [4.69, 9.17) is 39.5 Å². The van der Waals surface area contributed by atoms with Crippen molar-refractivity contribution in [3.8, 4) is 5.69 Å². The molecule has 0 unspecified atom stereocenters. The van der Waals surface area contributed by atoms with Gasteiger partial charge < -0.3 is 9.30 Å². The van der Waals surface area contributed by atoms with Crippen LogP contribution in [0, 0.1) is 13.8 Å². The van der Waals surface area contributed by atoms with Crippen LogP contribution in [0.2, 0.25) is 15.1 Å². The molecule has 4 rings (SSSR count).